The molecule has 0 spiro atoms. The number of ether oxygens (including phenoxy) is 3. The van der Waals surface area contributed by atoms with Gasteiger partial charge in [-0.2, -0.15) is 0 Å². The van der Waals surface area contributed by atoms with Gasteiger partial charge in [0.1, 0.15) is 23.2 Å². The molecular weight excluding hydrogens is 375 g/mol. The Bertz CT molecular complexity index is 933. The molecule has 0 fully saturated rings. The van der Waals surface area contributed by atoms with E-state index in [9.17, 15) is 14.0 Å². The third kappa shape index (κ3) is 4.31. The molecule has 6 heteroatoms. The van der Waals surface area contributed by atoms with Crippen LogP contribution in [0.5, 0.6) is 11.5 Å². The van der Waals surface area contributed by atoms with Crippen molar-refractivity contribution >= 4 is 17.3 Å². The fourth-order valence-electron chi connectivity index (χ4n) is 3.66. The standard InChI is InChI=1S/C23H23FO5/c1-4-29-23(26)22-19(14-5-7-16(24)8-6-14)11-15(12-20(22)25)18-13-17(27-2)9-10-21(18)28-3/h5-10,12-13,19,22H,4,11H2,1-3H3/t19-,22-/m0/s1. The lowest BCUT2D eigenvalue weighted by molar-refractivity contribution is -0.151. The summed E-state index contributed by atoms with van der Waals surface area (Å²) in [7, 11) is 3.11. The van der Waals surface area contributed by atoms with Crippen LogP contribution in [0.3, 0.4) is 0 Å². The maximum Gasteiger partial charge on any atom is 0.317 e. The third-order valence-electron chi connectivity index (χ3n) is 5.06. The molecule has 0 saturated carbocycles. The summed E-state index contributed by atoms with van der Waals surface area (Å²) in [5.74, 6) is -1.52. The van der Waals surface area contributed by atoms with E-state index < -0.39 is 17.8 Å². The first-order valence-electron chi connectivity index (χ1n) is 9.37. The smallest absolute Gasteiger partial charge is 0.317 e. The molecule has 0 amide bonds. The van der Waals surface area contributed by atoms with Crippen LogP contribution in [0.1, 0.15) is 30.4 Å². The number of ketones is 1. The minimum absolute atomic E-state index is 0.180. The molecule has 0 bridgehead atoms. The van der Waals surface area contributed by atoms with Gasteiger partial charge in [-0.1, -0.05) is 12.1 Å². The van der Waals surface area contributed by atoms with Crippen molar-refractivity contribution < 1.29 is 28.2 Å². The quantitative estimate of drug-likeness (QED) is 0.540. The van der Waals surface area contributed by atoms with E-state index in [0.29, 0.717) is 23.5 Å². The molecule has 0 unspecified atom stereocenters. The van der Waals surface area contributed by atoms with E-state index >= 15 is 0 Å². The van der Waals surface area contributed by atoms with Crippen LogP contribution in [0, 0.1) is 11.7 Å². The molecule has 0 N–H and O–H groups in total. The molecule has 2 aromatic carbocycles. The SMILES string of the molecule is CCOC(=O)[C@@H]1C(=O)C=C(c2cc(OC)ccc2OC)C[C@H]1c1ccc(F)cc1. The van der Waals surface area contributed by atoms with Gasteiger partial charge in [0.05, 0.1) is 20.8 Å². The maximum absolute atomic E-state index is 13.4. The summed E-state index contributed by atoms with van der Waals surface area (Å²) >= 11 is 0. The summed E-state index contributed by atoms with van der Waals surface area (Å²) < 4.78 is 29.3. The molecule has 0 saturated heterocycles. The molecular formula is C23H23FO5. The van der Waals surface area contributed by atoms with E-state index in [-0.39, 0.29) is 18.2 Å². The molecule has 0 aliphatic heterocycles. The normalized spacial score (nSPS) is 18.8. The van der Waals surface area contributed by atoms with Crippen LogP contribution >= 0.6 is 0 Å². The van der Waals surface area contributed by atoms with Gasteiger partial charge in [0, 0.05) is 11.5 Å². The number of halogens is 1. The molecule has 1 aliphatic rings. The summed E-state index contributed by atoms with van der Waals surface area (Å²) in [4.78, 5) is 25.5. The number of esters is 1. The molecule has 0 radical (unpaired) electrons. The van der Waals surface area contributed by atoms with E-state index in [1.807, 2.05) is 0 Å². The van der Waals surface area contributed by atoms with Gasteiger partial charge in [-0.15, -0.1) is 0 Å². The van der Waals surface area contributed by atoms with Crippen LogP contribution in [0.2, 0.25) is 0 Å². The van der Waals surface area contributed by atoms with E-state index in [4.69, 9.17) is 14.2 Å². The van der Waals surface area contributed by atoms with Crippen molar-refractivity contribution in [3.05, 3.63) is 65.5 Å². The fraction of sp³-hybridized carbons (Fsp3) is 0.304. The van der Waals surface area contributed by atoms with Crippen molar-refractivity contribution in [1.29, 1.82) is 0 Å². The Morgan fingerprint density at radius 2 is 1.83 bits per heavy atom. The highest BCUT2D eigenvalue weighted by Gasteiger charge is 2.40. The van der Waals surface area contributed by atoms with Gasteiger partial charge < -0.3 is 14.2 Å². The topological polar surface area (TPSA) is 61.8 Å². The average Bonchev–Trinajstić information content (AvgIpc) is 2.73. The molecule has 29 heavy (non-hydrogen) atoms. The molecule has 2 aromatic rings. The van der Waals surface area contributed by atoms with Crippen molar-refractivity contribution in [2.75, 3.05) is 20.8 Å². The summed E-state index contributed by atoms with van der Waals surface area (Å²) in [6.45, 7) is 1.87. The lowest BCUT2D eigenvalue weighted by atomic mass is 9.73. The lowest BCUT2D eigenvalue weighted by Gasteiger charge is -2.30. The van der Waals surface area contributed by atoms with Gasteiger partial charge in [-0.3, -0.25) is 9.59 Å². The second-order valence-electron chi connectivity index (χ2n) is 6.73. The lowest BCUT2D eigenvalue weighted by Crippen LogP contribution is -2.34. The summed E-state index contributed by atoms with van der Waals surface area (Å²) in [5, 5.41) is 0. The molecule has 1 aliphatic carbocycles. The van der Waals surface area contributed by atoms with Gasteiger partial charge in [0.15, 0.2) is 5.78 Å². The number of rotatable bonds is 6. The minimum atomic E-state index is -0.972. The Morgan fingerprint density at radius 3 is 2.45 bits per heavy atom. The monoisotopic (exact) mass is 398 g/mol. The molecule has 2 atom stereocenters. The van der Waals surface area contributed by atoms with Crippen molar-refractivity contribution in [3.63, 3.8) is 0 Å². The minimum Gasteiger partial charge on any atom is -0.497 e. The van der Waals surface area contributed by atoms with Crippen LogP contribution < -0.4 is 9.47 Å². The predicted octanol–water partition coefficient (Wildman–Crippen LogP) is 4.16. The number of carbonyl (C=O) groups excluding carboxylic acids is 2. The second kappa shape index (κ2) is 8.90. The van der Waals surface area contributed by atoms with Gasteiger partial charge in [0.2, 0.25) is 0 Å². The highest BCUT2D eigenvalue weighted by atomic mass is 19.1. The van der Waals surface area contributed by atoms with Crippen LogP contribution in [-0.2, 0) is 14.3 Å². The highest BCUT2D eigenvalue weighted by Crippen LogP contribution is 2.43. The fourth-order valence-corrected chi connectivity index (χ4v) is 3.66. The van der Waals surface area contributed by atoms with Gasteiger partial charge in [-0.05, 0) is 60.9 Å². The molecule has 5 nitrogen and oxygen atoms in total. The van der Waals surface area contributed by atoms with Gasteiger partial charge in [0.25, 0.3) is 0 Å². The zero-order valence-corrected chi connectivity index (χ0v) is 16.6. The van der Waals surface area contributed by atoms with E-state index in [1.165, 1.54) is 18.2 Å². The number of benzene rings is 2. The third-order valence-corrected chi connectivity index (χ3v) is 5.06. The zero-order valence-electron chi connectivity index (χ0n) is 16.6. The van der Waals surface area contributed by atoms with E-state index in [2.05, 4.69) is 0 Å². The molecule has 152 valence electrons. The van der Waals surface area contributed by atoms with E-state index in [1.54, 1.807) is 51.5 Å². The Kier molecular flexibility index (Phi) is 6.32. The van der Waals surface area contributed by atoms with Crippen LogP contribution in [-0.4, -0.2) is 32.6 Å². The molecule has 0 heterocycles. The summed E-state index contributed by atoms with van der Waals surface area (Å²) in [6.07, 6.45) is 1.86. The van der Waals surface area contributed by atoms with Gasteiger partial charge >= 0.3 is 5.97 Å². The maximum atomic E-state index is 13.4. The highest BCUT2D eigenvalue weighted by molar-refractivity contribution is 6.11. The summed E-state index contributed by atoms with van der Waals surface area (Å²) in [5.41, 5.74) is 2.14. The Labute approximate surface area is 169 Å². The number of hydrogen-bond donors (Lipinski definition) is 0. The first-order chi connectivity index (χ1) is 14.0. The Balaban J connectivity index is 2.08. The predicted molar refractivity (Wildman–Crippen MR) is 106 cm³/mol. The first kappa shape index (κ1) is 20.6. The average molecular weight is 398 g/mol. The zero-order chi connectivity index (χ0) is 21.0. The summed E-state index contributed by atoms with van der Waals surface area (Å²) in [6, 6.07) is 11.2. The number of methoxy groups -OCH3 is 2. The molecule has 0 aromatic heterocycles. The first-order valence-corrected chi connectivity index (χ1v) is 9.37. The Hall–Kier alpha value is -3.15. The van der Waals surface area contributed by atoms with Crippen LogP contribution in [0.15, 0.2) is 48.5 Å². The van der Waals surface area contributed by atoms with Crippen molar-refractivity contribution in [3.8, 4) is 11.5 Å². The second-order valence-corrected chi connectivity index (χ2v) is 6.73. The van der Waals surface area contributed by atoms with Crippen molar-refractivity contribution in [2.24, 2.45) is 5.92 Å². The van der Waals surface area contributed by atoms with Crippen molar-refractivity contribution in [2.45, 2.75) is 19.3 Å². The Morgan fingerprint density at radius 1 is 1.10 bits per heavy atom. The van der Waals surface area contributed by atoms with Crippen molar-refractivity contribution in [1.82, 2.24) is 0 Å². The van der Waals surface area contributed by atoms with Crippen LogP contribution in [0.25, 0.3) is 5.57 Å². The largest absolute Gasteiger partial charge is 0.497 e. The number of hydrogen-bond acceptors (Lipinski definition) is 5. The van der Waals surface area contributed by atoms with E-state index in [0.717, 1.165) is 11.1 Å². The van der Waals surface area contributed by atoms with Crippen LogP contribution in [0.4, 0.5) is 4.39 Å². The van der Waals surface area contributed by atoms with Gasteiger partial charge in [-0.25, -0.2) is 4.39 Å². The number of carbonyl (C=O) groups is 2. The molecule has 3 rings (SSSR count). The number of allylic oxidation sites excluding steroid dienone is 2.